The number of likely N-dealkylation sites (N-methyl/N-ethyl adjacent to an activating group) is 1. The van der Waals surface area contributed by atoms with Crippen LogP contribution in [-0.4, -0.2) is 73.4 Å². The Labute approximate surface area is 364 Å². The molecule has 3 atom stereocenters. The number of aliphatic hydroxyl groups excluding tert-OH is 1. The average molecular weight is 850 g/mol. The highest BCUT2D eigenvalue weighted by atomic mass is 31.2. The van der Waals surface area contributed by atoms with Crippen molar-refractivity contribution >= 4 is 13.7 Å². The number of hydrogen-bond acceptors (Lipinski definition) is 5. The van der Waals surface area contributed by atoms with E-state index in [2.05, 4.69) is 67.8 Å². The van der Waals surface area contributed by atoms with Crippen LogP contribution in [0.25, 0.3) is 0 Å². The molecular formula is C50H94N2O6P+. The van der Waals surface area contributed by atoms with Crippen molar-refractivity contribution < 1.29 is 32.9 Å². The Morgan fingerprint density at radius 2 is 1.02 bits per heavy atom. The summed E-state index contributed by atoms with van der Waals surface area (Å²) in [6.07, 6.45) is 54.4. The standard InChI is InChI=1S/C50H93N2O6P/c1-6-8-10-12-14-16-18-20-22-24-25-26-28-29-31-33-35-37-39-41-43-49(53)48(47-58-59(55,56)57-46-45-52(3,4)5)51-50(54)44-42-40-38-36-34-32-30-27-23-21-19-17-15-13-11-9-7-2/h9,11,15,17,21,23,30,32,41,43,48-49,53H,6-8,10,12-14,16,18-20,22,24-29,31,33-40,42,44-47H2,1-5H3,(H-,51,54,55,56)/p+1/b11-9-,17-15-,23-21-,32-30-,43-41+. The number of hydrogen-bond donors (Lipinski definition) is 3. The molecule has 0 fully saturated rings. The molecule has 9 heteroatoms. The number of phosphoric acid groups is 1. The van der Waals surface area contributed by atoms with E-state index in [0.717, 1.165) is 77.0 Å². The number of quaternary nitrogens is 1. The van der Waals surface area contributed by atoms with Crippen molar-refractivity contribution in [2.75, 3.05) is 40.9 Å². The van der Waals surface area contributed by atoms with Gasteiger partial charge in [-0.25, -0.2) is 4.57 Å². The van der Waals surface area contributed by atoms with Crippen LogP contribution >= 0.6 is 7.82 Å². The number of aliphatic hydroxyl groups is 1. The Balaban J connectivity index is 4.41. The minimum absolute atomic E-state index is 0.0540. The number of nitrogens with zero attached hydrogens (tertiary/aromatic N) is 1. The summed E-state index contributed by atoms with van der Waals surface area (Å²) in [6, 6.07) is -0.861. The van der Waals surface area contributed by atoms with E-state index >= 15 is 0 Å². The minimum atomic E-state index is -4.35. The fraction of sp³-hybridized carbons (Fsp3) is 0.780. The number of unbranched alkanes of at least 4 members (excludes halogenated alkanes) is 22. The fourth-order valence-corrected chi connectivity index (χ4v) is 7.41. The molecule has 0 aromatic carbocycles. The molecule has 0 bridgehead atoms. The van der Waals surface area contributed by atoms with Gasteiger partial charge in [0.25, 0.3) is 0 Å². The lowest BCUT2D eigenvalue weighted by molar-refractivity contribution is -0.870. The van der Waals surface area contributed by atoms with E-state index in [4.69, 9.17) is 9.05 Å². The molecule has 1 amide bonds. The summed E-state index contributed by atoms with van der Waals surface area (Å²) in [4.78, 5) is 23.2. The minimum Gasteiger partial charge on any atom is -0.387 e. The normalized spacial score (nSPS) is 14.8. The molecule has 0 aromatic rings. The number of carbonyl (C=O) groups excluding carboxylic acids is 1. The van der Waals surface area contributed by atoms with Crippen LogP contribution in [0, 0.1) is 0 Å². The van der Waals surface area contributed by atoms with Crippen LogP contribution in [0.15, 0.2) is 60.8 Å². The van der Waals surface area contributed by atoms with E-state index in [9.17, 15) is 19.4 Å². The van der Waals surface area contributed by atoms with Crippen molar-refractivity contribution in [3.8, 4) is 0 Å². The topological polar surface area (TPSA) is 105 Å². The van der Waals surface area contributed by atoms with Crippen LogP contribution in [0.1, 0.15) is 200 Å². The first-order valence-corrected chi connectivity index (χ1v) is 25.7. The van der Waals surface area contributed by atoms with E-state index < -0.39 is 20.0 Å². The van der Waals surface area contributed by atoms with Crippen LogP contribution in [-0.2, 0) is 18.4 Å². The van der Waals surface area contributed by atoms with E-state index in [-0.39, 0.29) is 19.1 Å². The van der Waals surface area contributed by atoms with Crippen molar-refractivity contribution in [2.45, 2.75) is 212 Å². The second-order valence-electron chi connectivity index (χ2n) is 17.5. The van der Waals surface area contributed by atoms with Gasteiger partial charge >= 0.3 is 7.82 Å². The maximum atomic E-state index is 12.9. The lowest BCUT2D eigenvalue weighted by Gasteiger charge is -2.25. The van der Waals surface area contributed by atoms with E-state index in [1.54, 1.807) is 6.08 Å². The van der Waals surface area contributed by atoms with Gasteiger partial charge in [0.1, 0.15) is 13.2 Å². The van der Waals surface area contributed by atoms with Crippen LogP contribution in [0.5, 0.6) is 0 Å². The van der Waals surface area contributed by atoms with Gasteiger partial charge in [-0.05, 0) is 57.8 Å². The van der Waals surface area contributed by atoms with Crippen molar-refractivity contribution in [3.63, 3.8) is 0 Å². The second kappa shape index (κ2) is 41.5. The first-order chi connectivity index (χ1) is 28.5. The summed E-state index contributed by atoms with van der Waals surface area (Å²) < 4.78 is 23.6. The fourth-order valence-electron chi connectivity index (χ4n) is 6.68. The third-order valence-corrected chi connectivity index (χ3v) is 11.5. The maximum absolute atomic E-state index is 12.9. The van der Waals surface area contributed by atoms with Gasteiger partial charge in [0.2, 0.25) is 5.91 Å². The summed E-state index contributed by atoms with van der Waals surface area (Å²) in [7, 11) is 1.55. The molecule has 0 aliphatic carbocycles. The Hall–Kier alpha value is -1.80. The molecular weight excluding hydrogens is 756 g/mol. The highest BCUT2D eigenvalue weighted by molar-refractivity contribution is 7.47. The zero-order valence-electron chi connectivity index (χ0n) is 39.0. The zero-order valence-corrected chi connectivity index (χ0v) is 39.9. The van der Waals surface area contributed by atoms with Crippen molar-refractivity contribution in [3.05, 3.63) is 60.8 Å². The van der Waals surface area contributed by atoms with Crippen molar-refractivity contribution in [2.24, 2.45) is 0 Å². The van der Waals surface area contributed by atoms with Gasteiger partial charge in [-0.1, -0.05) is 197 Å². The average Bonchev–Trinajstić information content (AvgIpc) is 3.19. The third kappa shape index (κ3) is 44.1. The molecule has 0 aliphatic rings. The molecule has 0 spiro atoms. The number of nitrogens with one attached hydrogen (secondary N) is 1. The molecule has 344 valence electrons. The predicted octanol–water partition coefficient (Wildman–Crippen LogP) is 13.8. The monoisotopic (exact) mass is 850 g/mol. The second-order valence-corrected chi connectivity index (χ2v) is 18.9. The Morgan fingerprint density at radius 3 is 1.49 bits per heavy atom. The molecule has 0 rings (SSSR count). The molecule has 0 heterocycles. The van der Waals surface area contributed by atoms with E-state index in [1.807, 2.05) is 27.2 Å². The SMILES string of the molecule is CC/C=C\C/C=C\C/C=C\C/C=C\CCCCCCC(=O)NC(COP(=O)(O)OCC[N+](C)(C)C)C(O)/C=C/CCCCCCCCCCCCCCCCCCCC. The van der Waals surface area contributed by atoms with Crippen LogP contribution in [0.3, 0.4) is 0 Å². The highest BCUT2D eigenvalue weighted by Gasteiger charge is 2.27. The molecule has 59 heavy (non-hydrogen) atoms. The largest absolute Gasteiger partial charge is 0.472 e. The summed E-state index contributed by atoms with van der Waals surface area (Å²) in [5.74, 6) is -0.202. The van der Waals surface area contributed by atoms with Gasteiger partial charge in [0, 0.05) is 6.42 Å². The first kappa shape index (κ1) is 57.2. The lowest BCUT2D eigenvalue weighted by atomic mass is 10.0. The number of carbonyl (C=O) groups is 1. The van der Waals surface area contributed by atoms with Gasteiger partial charge < -0.3 is 19.8 Å². The van der Waals surface area contributed by atoms with E-state index in [0.29, 0.717) is 17.4 Å². The van der Waals surface area contributed by atoms with Crippen molar-refractivity contribution in [1.82, 2.24) is 5.32 Å². The summed E-state index contributed by atoms with van der Waals surface area (Å²) in [6.45, 7) is 4.68. The van der Waals surface area contributed by atoms with Gasteiger partial charge in [0.15, 0.2) is 0 Å². The molecule has 0 saturated carbocycles. The van der Waals surface area contributed by atoms with Crippen LogP contribution in [0.4, 0.5) is 0 Å². The van der Waals surface area contributed by atoms with E-state index in [1.165, 1.54) is 103 Å². The Kier molecular flexibility index (Phi) is 40.3. The molecule has 8 nitrogen and oxygen atoms in total. The van der Waals surface area contributed by atoms with Gasteiger partial charge in [-0.15, -0.1) is 0 Å². The summed E-state index contributed by atoms with van der Waals surface area (Å²) in [5, 5.41) is 13.9. The first-order valence-electron chi connectivity index (χ1n) is 24.2. The smallest absolute Gasteiger partial charge is 0.387 e. The quantitative estimate of drug-likeness (QED) is 0.0244. The Morgan fingerprint density at radius 1 is 0.593 bits per heavy atom. The summed E-state index contributed by atoms with van der Waals surface area (Å²) in [5.41, 5.74) is 0. The van der Waals surface area contributed by atoms with Crippen LogP contribution in [0.2, 0.25) is 0 Å². The molecule has 0 radical (unpaired) electrons. The highest BCUT2D eigenvalue weighted by Crippen LogP contribution is 2.43. The third-order valence-electron chi connectivity index (χ3n) is 10.5. The Bertz CT molecular complexity index is 1140. The predicted molar refractivity (Wildman–Crippen MR) is 254 cm³/mol. The number of rotatable bonds is 43. The van der Waals surface area contributed by atoms with Gasteiger partial charge in [-0.3, -0.25) is 13.8 Å². The molecule has 0 aromatic heterocycles. The van der Waals surface area contributed by atoms with Crippen LogP contribution < -0.4 is 5.32 Å². The number of allylic oxidation sites excluding steroid dienone is 9. The molecule has 3 unspecified atom stereocenters. The molecule has 0 aliphatic heterocycles. The van der Waals surface area contributed by atoms with Crippen molar-refractivity contribution in [1.29, 1.82) is 0 Å². The zero-order chi connectivity index (χ0) is 43.6. The molecule has 3 N–H and O–H groups in total. The summed E-state index contributed by atoms with van der Waals surface area (Å²) >= 11 is 0. The maximum Gasteiger partial charge on any atom is 0.472 e. The molecule has 0 saturated heterocycles. The lowest BCUT2D eigenvalue weighted by Crippen LogP contribution is -2.45. The van der Waals surface area contributed by atoms with Gasteiger partial charge in [-0.2, -0.15) is 0 Å². The number of amides is 1. The van der Waals surface area contributed by atoms with Gasteiger partial charge in [0.05, 0.1) is 39.9 Å². The number of phosphoric ester groups is 1.